The Labute approximate surface area is 75.9 Å². The first-order valence-electron chi connectivity index (χ1n) is 4.38. The summed E-state index contributed by atoms with van der Waals surface area (Å²) in [6.07, 6.45) is 7.92. The summed E-state index contributed by atoms with van der Waals surface area (Å²) in [5.41, 5.74) is 1.30. The molecule has 1 heteroatoms. The first kappa shape index (κ1) is 11.2. The van der Waals surface area contributed by atoms with E-state index in [4.69, 9.17) is 0 Å². The highest BCUT2D eigenvalue weighted by Crippen LogP contribution is 1.95. The van der Waals surface area contributed by atoms with Crippen LogP contribution in [0.4, 0.5) is 0 Å². The Kier molecular flexibility index (Phi) is 6.39. The average Bonchev–Trinajstić information content (AvgIpc) is 2.05. The lowest BCUT2D eigenvalue weighted by atomic mass is 10.2. The predicted molar refractivity (Wildman–Crippen MR) is 56.2 cm³/mol. The Balaban J connectivity index is 3.85. The summed E-state index contributed by atoms with van der Waals surface area (Å²) in [6, 6.07) is 0.539. The van der Waals surface area contributed by atoms with Crippen LogP contribution < -0.4 is 5.32 Å². The van der Waals surface area contributed by atoms with E-state index in [1.54, 1.807) is 6.08 Å². The van der Waals surface area contributed by atoms with E-state index >= 15 is 0 Å². The normalized spacial score (nSPS) is 12.8. The lowest BCUT2D eigenvalue weighted by Gasteiger charge is -2.07. The zero-order valence-electron chi connectivity index (χ0n) is 8.30. The van der Waals surface area contributed by atoms with E-state index in [0.717, 1.165) is 6.54 Å². The van der Waals surface area contributed by atoms with Gasteiger partial charge in [0, 0.05) is 12.6 Å². The summed E-state index contributed by atoms with van der Waals surface area (Å²) in [5, 5.41) is 3.35. The van der Waals surface area contributed by atoms with Crippen LogP contribution in [0.15, 0.2) is 36.5 Å². The minimum Gasteiger partial charge on any atom is -0.310 e. The van der Waals surface area contributed by atoms with Gasteiger partial charge in [0.15, 0.2) is 0 Å². The molecule has 0 rings (SSSR count). The minimum atomic E-state index is 0.539. The molecule has 0 saturated carbocycles. The van der Waals surface area contributed by atoms with Crippen molar-refractivity contribution in [2.75, 3.05) is 6.54 Å². The zero-order valence-corrected chi connectivity index (χ0v) is 8.30. The summed E-state index contributed by atoms with van der Waals surface area (Å²) >= 11 is 0. The van der Waals surface area contributed by atoms with Crippen LogP contribution in [0.3, 0.4) is 0 Å². The average molecular weight is 165 g/mol. The Morgan fingerprint density at radius 1 is 1.50 bits per heavy atom. The molecule has 0 aromatic rings. The summed E-state index contributed by atoms with van der Waals surface area (Å²) < 4.78 is 0. The highest BCUT2D eigenvalue weighted by Gasteiger charge is 1.92. The molecule has 0 radical (unpaired) electrons. The van der Waals surface area contributed by atoms with Crippen LogP contribution in [0, 0.1) is 0 Å². The smallest absolute Gasteiger partial charge is 0.0204 e. The predicted octanol–water partition coefficient (Wildman–Crippen LogP) is 2.67. The maximum absolute atomic E-state index is 3.63. The first-order valence-corrected chi connectivity index (χ1v) is 4.38. The molecule has 0 aromatic heterocycles. The number of hydrogen-bond acceptors (Lipinski definition) is 1. The van der Waals surface area contributed by atoms with Crippen molar-refractivity contribution < 1.29 is 0 Å². The van der Waals surface area contributed by atoms with Crippen molar-refractivity contribution in [3.63, 3.8) is 0 Å². The van der Waals surface area contributed by atoms with Gasteiger partial charge < -0.3 is 5.32 Å². The molecular formula is C11H19N. The summed E-state index contributed by atoms with van der Waals surface area (Å²) in [6.45, 7) is 10.9. The fourth-order valence-electron chi connectivity index (χ4n) is 0.771. The van der Waals surface area contributed by atoms with Gasteiger partial charge in [-0.1, -0.05) is 44.7 Å². The van der Waals surface area contributed by atoms with Crippen LogP contribution in [-0.2, 0) is 0 Å². The van der Waals surface area contributed by atoms with Crippen LogP contribution in [0.5, 0.6) is 0 Å². The van der Waals surface area contributed by atoms with Crippen molar-refractivity contribution in [1.82, 2.24) is 5.32 Å². The van der Waals surface area contributed by atoms with Crippen molar-refractivity contribution in [2.45, 2.75) is 26.8 Å². The standard InChI is InChI=1S/C11H19N/c1-5-7-8-11(6-2)9-12-10(3)4/h5-8,10,12H,1,9H2,2-4H3/b8-7-,11-6+. The number of nitrogens with one attached hydrogen (secondary N) is 1. The van der Waals surface area contributed by atoms with Gasteiger partial charge in [-0.25, -0.2) is 0 Å². The van der Waals surface area contributed by atoms with Gasteiger partial charge in [-0.3, -0.25) is 0 Å². The minimum absolute atomic E-state index is 0.539. The van der Waals surface area contributed by atoms with Gasteiger partial charge in [-0.05, 0) is 12.5 Å². The summed E-state index contributed by atoms with van der Waals surface area (Å²) in [5.74, 6) is 0. The lowest BCUT2D eigenvalue weighted by Crippen LogP contribution is -2.24. The van der Waals surface area contributed by atoms with Gasteiger partial charge in [0.1, 0.15) is 0 Å². The van der Waals surface area contributed by atoms with E-state index in [1.807, 2.05) is 13.0 Å². The fourth-order valence-corrected chi connectivity index (χ4v) is 0.771. The highest BCUT2D eigenvalue weighted by molar-refractivity contribution is 5.22. The molecule has 1 nitrogen and oxygen atoms in total. The second-order valence-corrected chi connectivity index (χ2v) is 2.99. The third kappa shape index (κ3) is 5.93. The SMILES string of the molecule is C=C/C=C\C(=C/C)CNC(C)C. The van der Waals surface area contributed by atoms with Gasteiger partial charge in [-0.15, -0.1) is 0 Å². The van der Waals surface area contributed by atoms with Crippen LogP contribution in [0.25, 0.3) is 0 Å². The quantitative estimate of drug-likeness (QED) is 0.618. The molecule has 0 saturated heterocycles. The summed E-state index contributed by atoms with van der Waals surface area (Å²) in [7, 11) is 0. The molecular weight excluding hydrogens is 146 g/mol. The third-order valence-corrected chi connectivity index (χ3v) is 1.53. The second kappa shape index (κ2) is 6.86. The Morgan fingerprint density at radius 2 is 2.17 bits per heavy atom. The van der Waals surface area contributed by atoms with Gasteiger partial charge >= 0.3 is 0 Å². The van der Waals surface area contributed by atoms with Gasteiger partial charge in [0.05, 0.1) is 0 Å². The van der Waals surface area contributed by atoms with Crippen molar-refractivity contribution in [2.24, 2.45) is 0 Å². The van der Waals surface area contributed by atoms with Crippen LogP contribution in [0.2, 0.25) is 0 Å². The van der Waals surface area contributed by atoms with Crippen molar-refractivity contribution in [1.29, 1.82) is 0 Å². The van der Waals surface area contributed by atoms with Crippen molar-refractivity contribution >= 4 is 0 Å². The van der Waals surface area contributed by atoms with E-state index in [1.165, 1.54) is 5.57 Å². The largest absolute Gasteiger partial charge is 0.310 e. The van der Waals surface area contributed by atoms with Gasteiger partial charge in [0.2, 0.25) is 0 Å². The zero-order chi connectivity index (χ0) is 9.40. The van der Waals surface area contributed by atoms with E-state index in [9.17, 15) is 0 Å². The second-order valence-electron chi connectivity index (χ2n) is 2.99. The molecule has 0 heterocycles. The molecule has 0 bridgehead atoms. The van der Waals surface area contributed by atoms with E-state index in [-0.39, 0.29) is 0 Å². The Bertz CT molecular complexity index is 175. The maximum Gasteiger partial charge on any atom is 0.0204 e. The number of rotatable bonds is 5. The Hall–Kier alpha value is -0.820. The third-order valence-electron chi connectivity index (χ3n) is 1.53. The molecule has 0 fully saturated rings. The number of hydrogen-bond donors (Lipinski definition) is 1. The highest BCUT2D eigenvalue weighted by atomic mass is 14.9. The van der Waals surface area contributed by atoms with Gasteiger partial charge in [0.25, 0.3) is 0 Å². The van der Waals surface area contributed by atoms with Crippen LogP contribution in [-0.4, -0.2) is 12.6 Å². The molecule has 0 aliphatic rings. The van der Waals surface area contributed by atoms with Crippen LogP contribution in [0.1, 0.15) is 20.8 Å². The molecule has 0 aromatic carbocycles. The molecule has 68 valence electrons. The lowest BCUT2D eigenvalue weighted by molar-refractivity contribution is 0.625. The van der Waals surface area contributed by atoms with E-state index in [2.05, 4.69) is 37.9 Å². The van der Waals surface area contributed by atoms with E-state index in [0.29, 0.717) is 6.04 Å². The fraction of sp³-hybridized carbons (Fsp3) is 0.455. The van der Waals surface area contributed by atoms with Gasteiger partial charge in [-0.2, -0.15) is 0 Å². The van der Waals surface area contributed by atoms with Crippen molar-refractivity contribution in [3.05, 3.63) is 36.5 Å². The molecule has 0 spiro atoms. The molecule has 1 N–H and O–H groups in total. The summed E-state index contributed by atoms with van der Waals surface area (Å²) in [4.78, 5) is 0. The molecule has 0 unspecified atom stereocenters. The molecule has 0 aliphatic heterocycles. The maximum atomic E-state index is 3.63. The molecule has 12 heavy (non-hydrogen) atoms. The topological polar surface area (TPSA) is 12.0 Å². The van der Waals surface area contributed by atoms with Crippen LogP contribution >= 0.6 is 0 Å². The molecule has 0 atom stereocenters. The van der Waals surface area contributed by atoms with E-state index < -0.39 is 0 Å². The number of allylic oxidation sites excluding steroid dienone is 3. The first-order chi connectivity index (χ1) is 5.70. The monoisotopic (exact) mass is 165 g/mol. The van der Waals surface area contributed by atoms with Crippen molar-refractivity contribution in [3.8, 4) is 0 Å². The molecule has 0 aliphatic carbocycles. The molecule has 0 amide bonds. The Morgan fingerprint density at radius 3 is 2.58 bits per heavy atom.